The van der Waals surface area contributed by atoms with Crippen molar-refractivity contribution in [3.05, 3.63) is 71.8 Å². The minimum atomic E-state index is 0.146. The molecule has 2 heterocycles. The first-order valence-electron chi connectivity index (χ1n) is 10.1. The van der Waals surface area contributed by atoms with Crippen molar-refractivity contribution in [2.75, 3.05) is 26.2 Å². The second-order valence-corrected chi connectivity index (χ2v) is 8.21. The Kier molecular flexibility index (Phi) is 5.49. The van der Waals surface area contributed by atoms with E-state index in [1.54, 1.807) is 6.07 Å². The smallest absolute Gasteiger partial charge is 0.223 e. The van der Waals surface area contributed by atoms with E-state index < -0.39 is 0 Å². The summed E-state index contributed by atoms with van der Waals surface area (Å²) < 4.78 is 0. The largest absolute Gasteiger partial charge is 0.508 e. The zero-order valence-electron chi connectivity index (χ0n) is 16.3. The van der Waals surface area contributed by atoms with Crippen molar-refractivity contribution in [2.24, 2.45) is 5.41 Å². The predicted molar refractivity (Wildman–Crippen MR) is 112 cm³/mol. The molecular formula is C24H28N2O2. The molecule has 2 aliphatic heterocycles. The molecule has 2 aromatic rings. The van der Waals surface area contributed by atoms with E-state index in [1.807, 2.05) is 35.2 Å². The van der Waals surface area contributed by atoms with E-state index in [4.69, 9.17) is 0 Å². The molecule has 1 N–H and O–H groups in total. The van der Waals surface area contributed by atoms with Crippen LogP contribution in [0.25, 0.3) is 6.08 Å². The lowest BCUT2D eigenvalue weighted by Gasteiger charge is -2.38. The van der Waals surface area contributed by atoms with Gasteiger partial charge in [0.25, 0.3) is 0 Å². The minimum absolute atomic E-state index is 0.146. The van der Waals surface area contributed by atoms with E-state index in [-0.39, 0.29) is 5.41 Å². The van der Waals surface area contributed by atoms with Crippen molar-refractivity contribution in [2.45, 2.75) is 25.8 Å². The summed E-state index contributed by atoms with van der Waals surface area (Å²) in [5, 5.41) is 9.64. The number of hydrogen-bond donors (Lipinski definition) is 1. The van der Waals surface area contributed by atoms with Crippen LogP contribution in [-0.4, -0.2) is 47.0 Å². The number of likely N-dealkylation sites (tertiary alicyclic amines) is 2. The summed E-state index contributed by atoms with van der Waals surface area (Å²) in [6.07, 6.45) is 7.01. The Bertz CT molecular complexity index is 839. The maximum absolute atomic E-state index is 12.6. The van der Waals surface area contributed by atoms with Crippen LogP contribution < -0.4 is 0 Å². The summed E-state index contributed by atoms with van der Waals surface area (Å²) >= 11 is 0. The number of amides is 1. The van der Waals surface area contributed by atoms with E-state index >= 15 is 0 Å². The standard InChI is InChI=1S/C24H28N2O2/c27-22-10-4-8-21(16-22)18-25-14-11-24(12-15-25)17-23(28)26(19-24)13-5-9-20-6-2-1-3-7-20/h1-10,16,27H,11-15,17-19H2. The first-order valence-corrected chi connectivity index (χ1v) is 10.1. The lowest BCUT2D eigenvalue weighted by Crippen LogP contribution is -2.41. The quantitative estimate of drug-likeness (QED) is 0.860. The summed E-state index contributed by atoms with van der Waals surface area (Å²) in [6.45, 7) is 4.46. The molecule has 4 heteroatoms. The Morgan fingerprint density at radius 1 is 1.04 bits per heavy atom. The van der Waals surface area contributed by atoms with Gasteiger partial charge in [0.15, 0.2) is 0 Å². The van der Waals surface area contributed by atoms with Crippen LogP contribution in [0, 0.1) is 5.41 Å². The van der Waals surface area contributed by atoms with Gasteiger partial charge in [-0.05, 0) is 54.6 Å². The Morgan fingerprint density at radius 3 is 2.57 bits per heavy atom. The predicted octanol–water partition coefficient (Wildman–Crippen LogP) is 3.92. The fourth-order valence-corrected chi connectivity index (χ4v) is 4.46. The van der Waals surface area contributed by atoms with Gasteiger partial charge in [0.05, 0.1) is 0 Å². The zero-order chi connectivity index (χ0) is 19.4. The van der Waals surface area contributed by atoms with Gasteiger partial charge < -0.3 is 10.0 Å². The average Bonchev–Trinajstić information content (AvgIpc) is 3.00. The van der Waals surface area contributed by atoms with E-state index in [0.717, 1.165) is 44.6 Å². The Balaban J connectivity index is 1.29. The van der Waals surface area contributed by atoms with Crippen molar-refractivity contribution >= 4 is 12.0 Å². The molecule has 0 bridgehead atoms. The molecule has 0 unspecified atom stereocenters. The molecule has 2 aliphatic rings. The molecule has 146 valence electrons. The fourth-order valence-electron chi connectivity index (χ4n) is 4.46. The zero-order valence-corrected chi connectivity index (χ0v) is 16.3. The van der Waals surface area contributed by atoms with Crippen LogP contribution in [0.5, 0.6) is 5.75 Å². The highest BCUT2D eigenvalue weighted by molar-refractivity contribution is 5.79. The number of phenols is 1. The molecule has 0 radical (unpaired) electrons. The number of piperidine rings is 1. The first-order chi connectivity index (χ1) is 13.6. The molecule has 2 aromatic carbocycles. The highest BCUT2D eigenvalue weighted by Crippen LogP contribution is 2.41. The molecule has 0 aliphatic carbocycles. The maximum Gasteiger partial charge on any atom is 0.223 e. The van der Waals surface area contributed by atoms with Crippen molar-refractivity contribution in [1.29, 1.82) is 0 Å². The van der Waals surface area contributed by atoms with E-state index in [1.165, 1.54) is 5.56 Å². The van der Waals surface area contributed by atoms with Crippen molar-refractivity contribution in [1.82, 2.24) is 9.80 Å². The van der Waals surface area contributed by atoms with Crippen molar-refractivity contribution < 1.29 is 9.90 Å². The Labute approximate surface area is 167 Å². The lowest BCUT2D eigenvalue weighted by molar-refractivity contribution is -0.127. The molecule has 0 atom stereocenters. The highest BCUT2D eigenvalue weighted by atomic mass is 16.3. The number of carbonyl (C=O) groups is 1. The molecule has 0 aromatic heterocycles. The molecular weight excluding hydrogens is 348 g/mol. The summed E-state index contributed by atoms with van der Waals surface area (Å²) in [7, 11) is 0. The number of nitrogens with zero attached hydrogens (tertiary/aromatic N) is 2. The SMILES string of the molecule is O=C1CC2(CCN(Cc3cccc(O)c3)CC2)CN1CC=Cc1ccccc1. The van der Waals surface area contributed by atoms with E-state index in [9.17, 15) is 9.90 Å². The van der Waals surface area contributed by atoms with Gasteiger partial charge in [0.1, 0.15) is 5.75 Å². The molecule has 4 rings (SSSR count). The topological polar surface area (TPSA) is 43.8 Å². The van der Waals surface area contributed by atoms with Crippen molar-refractivity contribution in [3.63, 3.8) is 0 Å². The number of rotatable bonds is 5. The molecule has 2 saturated heterocycles. The second kappa shape index (κ2) is 8.19. The Morgan fingerprint density at radius 2 is 1.82 bits per heavy atom. The Hall–Kier alpha value is -2.59. The summed E-state index contributed by atoms with van der Waals surface area (Å²) in [5.41, 5.74) is 2.46. The molecule has 1 amide bonds. The molecule has 4 nitrogen and oxygen atoms in total. The second-order valence-electron chi connectivity index (χ2n) is 8.21. The number of hydrogen-bond acceptors (Lipinski definition) is 3. The summed E-state index contributed by atoms with van der Waals surface area (Å²) in [4.78, 5) is 17.0. The number of phenolic OH excluding ortho intramolecular Hbond substituents is 1. The molecule has 28 heavy (non-hydrogen) atoms. The molecule has 1 spiro atoms. The van der Waals surface area contributed by atoms with Crippen LogP contribution in [0.4, 0.5) is 0 Å². The van der Waals surface area contributed by atoms with Crippen LogP contribution in [0.3, 0.4) is 0 Å². The highest BCUT2D eigenvalue weighted by Gasteiger charge is 2.44. The minimum Gasteiger partial charge on any atom is -0.508 e. The third-order valence-electron chi connectivity index (χ3n) is 6.07. The van der Waals surface area contributed by atoms with Gasteiger partial charge in [-0.1, -0.05) is 54.6 Å². The monoisotopic (exact) mass is 376 g/mol. The third kappa shape index (κ3) is 4.45. The van der Waals surface area contributed by atoms with Gasteiger partial charge in [-0.2, -0.15) is 0 Å². The van der Waals surface area contributed by atoms with Gasteiger partial charge in [-0.25, -0.2) is 0 Å². The number of carbonyl (C=O) groups excluding carboxylic acids is 1. The molecule has 0 saturated carbocycles. The van der Waals surface area contributed by atoms with Gasteiger partial charge in [-0.15, -0.1) is 0 Å². The van der Waals surface area contributed by atoms with Gasteiger partial charge in [-0.3, -0.25) is 9.69 Å². The van der Waals surface area contributed by atoms with E-state index in [2.05, 4.69) is 35.3 Å². The van der Waals surface area contributed by atoms with Crippen molar-refractivity contribution in [3.8, 4) is 5.75 Å². The van der Waals surface area contributed by atoms with Crippen LogP contribution in [0.15, 0.2) is 60.7 Å². The van der Waals surface area contributed by atoms with Crippen LogP contribution in [-0.2, 0) is 11.3 Å². The lowest BCUT2D eigenvalue weighted by atomic mass is 9.77. The normalized spacial score (nSPS) is 19.7. The van der Waals surface area contributed by atoms with Crippen LogP contribution >= 0.6 is 0 Å². The third-order valence-corrected chi connectivity index (χ3v) is 6.07. The first kappa shape index (κ1) is 18.8. The van der Waals surface area contributed by atoms with Gasteiger partial charge in [0, 0.05) is 26.1 Å². The van der Waals surface area contributed by atoms with Crippen LogP contribution in [0.1, 0.15) is 30.4 Å². The fraction of sp³-hybridized carbons (Fsp3) is 0.375. The van der Waals surface area contributed by atoms with E-state index in [0.29, 0.717) is 24.6 Å². The van der Waals surface area contributed by atoms with Gasteiger partial charge in [0.2, 0.25) is 5.91 Å². The molecule has 2 fully saturated rings. The maximum atomic E-state index is 12.6. The number of benzene rings is 2. The average molecular weight is 377 g/mol. The summed E-state index contributed by atoms with van der Waals surface area (Å²) in [6, 6.07) is 17.7. The number of aromatic hydroxyl groups is 1. The van der Waals surface area contributed by atoms with Crippen LogP contribution in [0.2, 0.25) is 0 Å². The summed E-state index contributed by atoms with van der Waals surface area (Å²) in [5.74, 6) is 0.616. The van der Waals surface area contributed by atoms with Gasteiger partial charge >= 0.3 is 0 Å².